The summed E-state index contributed by atoms with van der Waals surface area (Å²) < 4.78 is 25.3. The van der Waals surface area contributed by atoms with Crippen molar-refractivity contribution in [3.8, 4) is 11.5 Å². The molecule has 3 aromatic rings. The summed E-state index contributed by atoms with van der Waals surface area (Å²) in [6.07, 6.45) is 5.04. The third-order valence-corrected chi connectivity index (χ3v) is 7.42. The molecule has 0 aliphatic carbocycles. The van der Waals surface area contributed by atoms with Crippen LogP contribution in [0, 0.1) is 11.7 Å². The van der Waals surface area contributed by atoms with E-state index in [2.05, 4.69) is 32.1 Å². The van der Waals surface area contributed by atoms with Crippen LogP contribution in [-0.4, -0.2) is 72.8 Å². The minimum atomic E-state index is -0.467. The Kier molecular flexibility index (Phi) is 7.22. The summed E-state index contributed by atoms with van der Waals surface area (Å²) in [4.78, 5) is 13.8. The maximum atomic E-state index is 13.6. The van der Waals surface area contributed by atoms with E-state index in [9.17, 15) is 4.39 Å². The zero-order valence-corrected chi connectivity index (χ0v) is 20.9. The van der Waals surface area contributed by atoms with Crippen LogP contribution >= 0.6 is 11.6 Å². The fourth-order valence-electron chi connectivity index (χ4n) is 5.26. The van der Waals surface area contributed by atoms with Gasteiger partial charge in [-0.3, -0.25) is 4.90 Å². The molecule has 0 saturated carbocycles. The number of nitrogens with zero attached hydrogens (tertiary/aromatic N) is 4. The van der Waals surface area contributed by atoms with Crippen LogP contribution in [0.2, 0.25) is 5.02 Å². The van der Waals surface area contributed by atoms with E-state index in [1.807, 2.05) is 12.1 Å². The smallest absolute Gasteiger partial charge is 0.162 e. The first-order valence-corrected chi connectivity index (χ1v) is 12.5. The second kappa shape index (κ2) is 10.5. The summed E-state index contributed by atoms with van der Waals surface area (Å²) in [6.45, 7) is 5.19. The minimum absolute atomic E-state index is 0.0447. The Labute approximate surface area is 210 Å². The molecular formula is C26H31ClFN5O2. The second-order valence-electron chi connectivity index (χ2n) is 9.40. The number of fused-ring (bicyclic) bond motifs is 2. The maximum absolute atomic E-state index is 13.6. The molecule has 35 heavy (non-hydrogen) atoms. The molecule has 2 aliphatic rings. The van der Waals surface area contributed by atoms with Crippen molar-refractivity contribution < 1.29 is 13.9 Å². The summed E-state index contributed by atoms with van der Waals surface area (Å²) in [6, 6.07) is 8.87. The molecule has 2 fully saturated rings. The average molecular weight is 500 g/mol. The van der Waals surface area contributed by atoms with E-state index in [-0.39, 0.29) is 5.02 Å². The number of likely N-dealkylation sites (tertiary alicyclic amines) is 2. The number of piperidine rings is 1. The Bertz CT molecular complexity index is 1200. The third kappa shape index (κ3) is 5.29. The van der Waals surface area contributed by atoms with E-state index < -0.39 is 5.82 Å². The van der Waals surface area contributed by atoms with Crippen LogP contribution in [0.25, 0.3) is 10.9 Å². The van der Waals surface area contributed by atoms with E-state index >= 15 is 0 Å². The number of anilines is 2. The highest BCUT2D eigenvalue weighted by Crippen LogP contribution is 2.35. The van der Waals surface area contributed by atoms with E-state index in [0.717, 1.165) is 24.3 Å². The van der Waals surface area contributed by atoms with Gasteiger partial charge in [-0.2, -0.15) is 0 Å². The number of aromatic nitrogens is 2. The molecule has 2 aliphatic heterocycles. The predicted octanol–water partition coefficient (Wildman–Crippen LogP) is 4.97. The van der Waals surface area contributed by atoms with Gasteiger partial charge in [0, 0.05) is 36.3 Å². The maximum Gasteiger partial charge on any atom is 0.162 e. The van der Waals surface area contributed by atoms with E-state index in [1.165, 1.54) is 50.9 Å². The Morgan fingerprint density at radius 2 is 2.00 bits per heavy atom. The molecule has 1 N–H and O–H groups in total. The van der Waals surface area contributed by atoms with Crippen LogP contribution in [0.4, 0.5) is 15.9 Å². The number of hydrogen-bond acceptors (Lipinski definition) is 7. The topological polar surface area (TPSA) is 62.8 Å². The number of likely N-dealkylation sites (N-methyl/N-ethyl adjacent to an activating group) is 1. The van der Waals surface area contributed by atoms with Crippen molar-refractivity contribution >= 4 is 34.0 Å². The standard InChI is InChI=1S/C26H31ClFN5O2/c1-32-9-6-17-7-10-33(23(17)15-32)8-3-11-35-25-13-19-22(14-24(25)34-2)29-16-30-26(19)31-18-4-5-21(28)20(27)12-18/h4-5,12-14,16-17,23H,3,6-11,15H2,1-2H3,(H,29,30,31). The highest BCUT2D eigenvalue weighted by atomic mass is 35.5. The SMILES string of the molecule is COc1cc2ncnc(Nc3ccc(F)c(Cl)c3)c2cc1OCCCN1CCC2CCN(C)CC21. The molecule has 0 radical (unpaired) electrons. The molecule has 186 valence electrons. The predicted molar refractivity (Wildman–Crippen MR) is 136 cm³/mol. The first kappa shape index (κ1) is 24.0. The van der Waals surface area contributed by atoms with Gasteiger partial charge in [-0.25, -0.2) is 14.4 Å². The average Bonchev–Trinajstić information content (AvgIpc) is 3.25. The third-order valence-electron chi connectivity index (χ3n) is 7.13. The lowest BCUT2D eigenvalue weighted by Gasteiger charge is -2.36. The summed E-state index contributed by atoms with van der Waals surface area (Å²) in [5.74, 6) is 2.23. The fourth-order valence-corrected chi connectivity index (χ4v) is 5.44. The molecule has 0 spiro atoms. The largest absolute Gasteiger partial charge is 0.493 e. The second-order valence-corrected chi connectivity index (χ2v) is 9.81. The van der Waals surface area contributed by atoms with Gasteiger partial charge in [-0.05, 0) is 69.6 Å². The number of nitrogens with one attached hydrogen (secondary N) is 1. The van der Waals surface area contributed by atoms with E-state index in [0.29, 0.717) is 41.2 Å². The van der Waals surface area contributed by atoms with Crippen molar-refractivity contribution in [3.05, 3.63) is 47.5 Å². The number of methoxy groups -OCH3 is 1. The van der Waals surface area contributed by atoms with Gasteiger partial charge < -0.3 is 19.7 Å². The summed E-state index contributed by atoms with van der Waals surface area (Å²) in [5.41, 5.74) is 1.34. The van der Waals surface area contributed by atoms with Crippen molar-refractivity contribution in [2.75, 3.05) is 52.3 Å². The first-order chi connectivity index (χ1) is 17.0. The van der Waals surface area contributed by atoms with Crippen molar-refractivity contribution in [2.24, 2.45) is 5.92 Å². The van der Waals surface area contributed by atoms with Crippen LogP contribution in [0.3, 0.4) is 0 Å². The zero-order valence-electron chi connectivity index (χ0n) is 20.1. The highest BCUT2D eigenvalue weighted by molar-refractivity contribution is 6.31. The van der Waals surface area contributed by atoms with Gasteiger partial charge in [0.25, 0.3) is 0 Å². The molecular weight excluding hydrogens is 469 g/mol. The molecule has 0 bridgehead atoms. The molecule has 3 heterocycles. The molecule has 2 atom stereocenters. The molecule has 1 aromatic heterocycles. The Morgan fingerprint density at radius 1 is 1.14 bits per heavy atom. The van der Waals surface area contributed by atoms with Crippen molar-refractivity contribution in [1.82, 2.24) is 19.8 Å². The first-order valence-electron chi connectivity index (χ1n) is 12.1. The van der Waals surface area contributed by atoms with Gasteiger partial charge in [-0.1, -0.05) is 11.6 Å². The van der Waals surface area contributed by atoms with Gasteiger partial charge in [0.05, 0.1) is 24.3 Å². The van der Waals surface area contributed by atoms with Crippen LogP contribution in [0.5, 0.6) is 11.5 Å². The molecule has 5 rings (SSSR count). The van der Waals surface area contributed by atoms with Crippen molar-refractivity contribution in [3.63, 3.8) is 0 Å². The number of halogens is 2. The molecule has 2 aromatic carbocycles. The van der Waals surface area contributed by atoms with Gasteiger partial charge in [-0.15, -0.1) is 0 Å². The molecule has 0 amide bonds. The molecule has 2 saturated heterocycles. The van der Waals surface area contributed by atoms with Crippen LogP contribution in [-0.2, 0) is 0 Å². The number of rotatable bonds is 8. The molecule has 7 nitrogen and oxygen atoms in total. The lowest BCUT2D eigenvalue weighted by molar-refractivity contribution is 0.118. The zero-order chi connectivity index (χ0) is 24.4. The summed E-state index contributed by atoms with van der Waals surface area (Å²) >= 11 is 5.94. The number of benzene rings is 2. The normalized spacial score (nSPS) is 20.7. The van der Waals surface area contributed by atoms with Gasteiger partial charge in [0.1, 0.15) is 18.0 Å². The van der Waals surface area contributed by atoms with Gasteiger partial charge in [0.15, 0.2) is 11.5 Å². The van der Waals surface area contributed by atoms with Crippen molar-refractivity contribution in [2.45, 2.75) is 25.3 Å². The molecule has 2 unspecified atom stereocenters. The fraction of sp³-hybridized carbons (Fsp3) is 0.462. The van der Waals surface area contributed by atoms with E-state index in [1.54, 1.807) is 13.2 Å². The summed E-state index contributed by atoms with van der Waals surface area (Å²) in [7, 11) is 3.85. The highest BCUT2D eigenvalue weighted by Gasteiger charge is 2.36. The minimum Gasteiger partial charge on any atom is -0.493 e. The van der Waals surface area contributed by atoms with Gasteiger partial charge >= 0.3 is 0 Å². The molecule has 9 heteroatoms. The van der Waals surface area contributed by atoms with E-state index in [4.69, 9.17) is 21.1 Å². The van der Waals surface area contributed by atoms with Crippen LogP contribution < -0.4 is 14.8 Å². The number of ether oxygens (including phenoxy) is 2. The Hall–Kier alpha value is -2.68. The number of hydrogen-bond donors (Lipinski definition) is 1. The summed E-state index contributed by atoms with van der Waals surface area (Å²) in [5, 5.41) is 4.02. The Morgan fingerprint density at radius 3 is 2.83 bits per heavy atom. The Balaban J connectivity index is 1.27. The van der Waals surface area contributed by atoms with Crippen molar-refractivity contribution in [1.29, 1.82) is 0 Å². The lowest BCUT2D eigenvalue weighted by Crippen LogP contribution is -2.46. The van der Waals surface area contributed by atoms with Crippen LogP contribution in [0.15, 0.2) is 36.7 Å². The lowest BCUT2D eigenvalue weighted by atomic mass is 9.92. The quantitative estimate of drug-likeness (QED) is 0.439. The monoisotopic (exact) mass is 499 g/mol. The van der Waals surface area contributed by atoms with Crippen LogP contribution in [0.1, 0.15) is 19.3 Å². The van der Waals surface area contributed by atoms with Gasteiger partial charge in [0.2, 0.25) is 0 Å².